The summed E-state index contributed by atoms with van der Waals surface area (Å²) in [7, 11) is 0. The molecule has 0 aliphatic carbocycles. The van der Waals surface area contributed by atoms with Crippen molar-refractivity contribution in [2.24, 2.45) is 0 Å². The molecule has 1 aliphatic rings. The number of aromatic nitrogens is 2. The van der Waals surface area contributed by atoms with E-state index in [9.17, 15) is 14.3 Å². The van der Waals surface area contributed by atoms with Crippen LogP contribution in [0, 0.1) is 5.82 Å². The van der Waals surface area contributed by atoms with E-state index in [1.54, 1.807) is 29.2 Å². The number of anilines is 1. The van der Waals surface area contributed by atoms with Gasteiger partial charge in [-0.05, 0) is 37.1 Å². The predicted molar refractivity (Wildman–Crippen MR) is 79.4 cm³/mol. The standard InChI is InChI=1S/C15H17FN4O2/c16-11-4-5-14(20-8-2-6-17-20)13(9-11)18-15(22)19-7-1-3-12(21)10-19/h2,4-6,8-9,12,21H,1,3,7,10H2,(H,18,22). The monoisotopic (exact) mass is 304 g/mol. The Morgan fingerprint density at radius 3 is 3.05 bits per heavy atom. The van der Waals surface area contributed by atoms with Crippen molar-refractivity contribution in [2.75, 3.05) is 18.4 Å². The van der Waals surface area contributed by atoms with Gasteiger partial charge >= 0.3 is 6.03 Å². The molecular formula is C15H17FN4O2. The van der Waals surface area contributed by atoms with Crippen molar-refractivity contribution < 1.29 is 14.3 Å². The molecule has 7 heteroatoms. The van der Waals surface area contributed by atoms with Crippen LogP contribution >= 0.6 is 0 Å². The number of amides is 2. The fourth-order valence-corrected chi connectivity index (χ4v) is 2.55. The van der Waals surface area contributed by atoms with Crippen molar-refractivity contribution in [3.8, 4) is 5.69 Å². The van der Waals surface area contributed by atoms with Gasteiger partial charge in [-0.25, -0.2) is 13.9 Å². The van der Waals surface area contributed by atoms with E-state index in [1.165, 1.54) is 17.0 Å². The summed E-state index contributed by atoms with van der Waals surface area (Å²) in [6, 6.07) is 5.53. The van der Waals surface area contributed by atoms with Crippen LogP contribution in [0.15, 0.2) is 36.7 Å². The van der Waals surface area contributed by atoms with E-state index in [-0.39, 0.29) is 12.6 Å². The van der Waals surface area contributed by atoms with Crippen molar-refractivity contribution in [1.82, 2.24) is 14.7 Å². The number of urea groups is 1. The van der Waals surface area contributed by atoms with E-state index >= 15 is 0 Å². The molecule has 1 unspecified atom stereocenters. The molecule has 1 atom stereocenters. The highest BCUT2D eigenvalue weighted by atomic mass is 19.1. The molecule has 2 heterocycles. The summed E-state index contributed by atoms with van der Waals surface area (Å²) in [6.07, 6.45) is 4.27. The first-order valence-electron chi connectivity index (χ1n) is 7.17. The predicted octanol–water partition coefficient (Wildman–Crippen LogP) is 2.00. The van der Waals surface area contributed by atoms with Crippen LogP contribution in [0.3, 0.4) is 0 Å². The molecule has 1 aliphatic heterocycles. The number of carbonyl (C=O) groups excluding carboxylic acids is 1. The molecule has 0 spiro atoms. The van der Waals surface area contributed by atoms with Gasteiger partial charge in [-0.1, -0.05) is 0 Å². The minimum absolute atomic E-state index is 0.290. The van der Waals surface area contributed by atoms with Crippen LogP contribution in [0.4, 0.5) is 14.9 Å². The van der Waals surface area contributed by atoms with Crippen molar-refractivity contribution in [2.45, 2.75) is 18.9 Å². The van der Waals surface area contributed by atoms with E-state index < -0.39 is 11.9 Å². The number of hydrogen-bond donors (Lipinski definition) is 2. The zero-order chi connectivity index (χ0) is 15.5. The maximum atomic E-state index is 13.5. The van der Waals surface area contributed by atoms with Gasteiger partial charge in [0.1, 0.15) is 5.82 Å². The number of aliphatic hydroxyl groups excluding tert-OH is 1. The Balaban J connectivity index is 1.82. The van der Waals surface area contributed by atoms with Crippen LogP contribution in [-0.4, -0.2) is 45.0 Å². The lowest BCUT2D eigenvalue weighted by molar-refractivity contribution is 0.0883. The minimum Gasteiger partial charge on any atom is -0.391 e. The number of β-amino-alcohol motifs (C(OH)–C–C–N with tert-alkyl or cyclic N) is 1. The summed E-state index contributed by atoms with van der Waals surface area (Å²) < 4.78 is 15.1. The molecule has 3 rings (SSSR count). The number of carbonyl (C=O) groups is 1. The highest BCUT2D eigenvalue weighted by Gasteiger charge is 2.22. The second-order valence-corrected chi connectivity index (χ2v) is 5.28. The molecule has 116 valence electrons. The number of hydrogen-bond acceptors (Lipinski definition) is 3. The third kappa shape index (κ3) is 3.09. The number of nitrogens with one attached hydrogen (secondary N) is 1. The molecule has 0 bridgehead atoms. The summed E-state index contributed by atoms with van der Waals surface area (Å²) in [4.78, 5) is 13.8. The number of aliphatic hydroxyl groups is 1. The molecule has 2 N–H and O–H groups in total. The van der Waals surface area contributed by atoms with Gasteiger partial charge in [0, 0.05) is 25.5 Å². The van der Waals surface area contributed by atoms with Gasteiger partial charge in [0.25, 0.3) is 0 Å². The summed E-state index contributed by atoms with van der Waals surface area (Å²) in [6.45, 7) is 0.869. The minimum atomic E-state index is -0.502. The van der Waals surface area contributed by atoms with Gasteiger partial charge in [-0.3, -0.25) is 0 Å². The van der Waals surface area contributed by atoms with Gasteiger partial charge in [0.05, 0.1) is 17.5 Å². The van der Waals surface area contributed by atoms with Crippen LogP contribution in [0.25, 0.3) is 5.69 Å². The smallest absolute Gasteiger partial charge is 0.321 e. The van der Waals surface area contributed by atoms with E-state index in [0.717, 1.165) is 6.42 Å². The second-order valence-electron chi connectivity index (χ2n) is 5.28. The number of piperidine rings is 1. The molecule has 1 aromatic heterocycles. The van der Waals surface area contributed by atoms with Crippen LogP contribution in [0.5, 0.6) is 0 Å². The van der Waals surface area contributed by atoms with Crippen LogP contribution in [0.1, 0.15) is 12.8 Å². The topological polar surface area (TPSA) is 70.4 Å². The first kappa shape index (κ1) is 14.5. The Kier molecular flexibility index (Phi) is 4.06. The Morgan fingerprint density at radius 1 is 1.45 bits per heavy atom. The molecule has 2 aromatic rings. The molecule has 0 radical (unpaired) electrons. The quantitative estimate of drug-likeness (QED) is 0.891. The lowest BCUT2D eigenvalue weighted by atomic mass is 10.1. The summed E-state index contributed by atoms with van der Waals surface area (Å²) in [5.74, 6) is -0.440. The van der Waals surface area contributed by atoms with E-state index in [0.29, 0.717) is 24.3 Å². The third-order valence-corrected chi connectivity index (χ3v) is 3.64. The fraction of sp³-hybridized carbons (Fsp3) is 0.333. The third-order valence-electron chi connectivity index (χ3n) is 3.64. The van der Waals surface area contributed by atoms with E-state index in [4.69, 9.17) is 0 Å². The first-order chi connectivity index (χ1) is 10.6. The molecular weight excluding hydrogens is 287 g/mol. The zero-order valence-corrected chi connectivity index (χ0v) is 11.9. The normalized spacial score (nSPS) is 18.3. The molecule has 6 nitrogen and oxygen atoms in total. The summed E-state index contributed by atoms with van der Waals surface area (Å²) in [5, 5.41) is 16.5. The molecule has 0 saturated carbocycles. The van der Waals surface area contributed by atoms with Crippen molar-refractivity contribution in [1.29, 1.82) is 0 Å². The maximum Gasteiger partial charge on any atom is 0.321 e. The van der Waals surface area contributed by atoms with Gasteiger partial charge in [0.2, 0.25) is 0 Å². The van der Waals surface area contributed by atoms with Gasteiger partial charge in [-0.2, -0.15) is 5.10 Å². The highest BCUT2D eigenvalue weighted by molar-refractivity contribution is 5.91. The molecule has 1 aromatic carbocycles. The molecule has 22 heavy (non-hydrogen) atoms. The van der Waals surface area contributed by atoms with Crippen molar-refractivity contribution in [3.63, 3.8) is 0 Å². The Labute approximate surface area is 127 Å². The average molecular weight is 304 g/mol. The molecule has 1 saturated heterocycles. The number of likely N-dealkylation sites (tertiary alicyclic amines) is 1. The fourth-order valence-electron chi connectivity index (χ4n) is 2.55. The number of benzene rings is 1. The average Bonchev–Trinajstić information content (AvgIpc) is 3.01. The Bertz CT molecular complexity index is 660. The largest absolute Gasteiger partial charge is 0.391 e. The Hall–Kier alpha value is -2.41. The number of halogens is 1. The van der Waals surface area contributed by atoms with Crippen molar-refractivity contribution in [3.05, 3.63) is 42.5 Å². The maximum absolute atomic E-state index is 13.5. The van der Waals surface area contributed by atoms with Crippen LogP contribution in [-0.2, 0) is 0 Å². The van der Waals surface area contributed by atoms with Crippen LogP contribution in [0.2, 0.25) is 0 Å². The SMILES string of the molecule is O=C(Nc1cc(F)ccc1-n1cccn1)N1CCCC(O)C1. The summed E-state index contributed by atoms with van der Waals surface area (Å²) >= 11 is 0. The highest BCUT2D eigenvalue weighted by Crippen LogP contribution is 2.22. The van der Waals surface area contributed by atoms with Crippen molar-refractivity contribution >= 4 is 11.7 Å². The number of nitrogens with zero attached hydrogens (tertiary/aromatic N) is 3. The van der Waals surface area contributed by atoms with E-state index in [2.05, 4.69) is 10.4 Å². The van der Waals surface area contributed by atoms with Gasteiger partial charge < -0.3 is 15.3 Å². The zero-order valence-electron chi connectivity index (χ0n) is 11.9. The van der Waals surface area contributed by atoms with Crippen LogP contribution < -0.4 is 5.32 Å². The molecule has 2 amide bonds. The summed E-state index contributed by atoms with van der Waals surface area (Å²) in [5.41, 5.74) is 0.922. The van der Waals surface area contributed by atoms with Gasteiger partial charge in [0.15, 0.2) is 0 Å². The lowest BCUT2D eigenvalue weighted by Gasteiger charge is -2.30. The first-order valence-corrected chi connectivity index (χ1v) is 7.17. The second kappa shape index (κ2) is 6.15. The lowest BCUT2D eigenvalue weighted by Crippen LogP contribution is -2.44. The van der Waals surface area contributed by atoms with E-state index in [1.807, 2.05) is 0 Å². The van der Waals surface area contributed by atoms with Gasteiger partial charge in [-0.15, -0.1) is 0 Å². The number of rotatable bonds is 2. The molecule has 1 fully saturated rings. The Morgan fingerprint density at radius 2 is 2.32 bits per heavy atom.